The minimum absolute atomic E-state index is 0.256. The van der Waals surface area contributed by atoms with Gasteiger partial charge in [-0.25, -0.2) is 19.6 Å². The van der Waals surface area contributed by atoms with Crippen LogP contribution in [-0.4, -0.2) is 31.5 Å². The number of nitrogens with zero attached hydrogens (tertiary/aromatic N) is 4. The number of nitrogen functional groups attached to an aromatic ring is 1. The third kappa shape index (κ3) is 9.66. The summed E-state index contributed by atoms with van der Waals surface area (Å²) in [6, 6.07) is 23.9. The Morgan fingerprint density at radius 1 is 0.804 bits per heavy atom. The molecule has 0 aliphatic carbocycles. The molecule has 7 nitrogen and oxygen atoms in total. The molecule has 0 radical (unpaired) electrons. The summed E-state index contributed by atoms with van der Waals surface area (Å²) in [7, 11) is 0. The van der Waals surface area contributed by atoms with Crippen LogP contribution in [0.4, 0.5) is 14.5 Å². The zero-order chi connectivity index (χ0) is 33.8. The molecule has 1 amide bonds. The van der Waals surface area contributed by atoms with E-state index in [0.717, 1.165) is 50.5 Å². The number of hydrazine groups is 1. The predicted octanol–water partition coefficient (Wildman–Crippen LogP) is 8.53. The molecule has 0 spiro atoms. The van der Waals surface area contributed by atoms with Crippen molar-refractivity contribution in [1.82, 2.24) is 20.2 Å². The number of halogens is 2. The van der Waals surface area contributed by atoms with Crippen molar-refractivity contribution in [3.8, 4) is 17.1 Å². The second-order valence-corrected chi connectivity index (χ2v) is 11.9. The van der Waals surface area contributed by atoms with Crippen LogP contribution in [0.25, 0.3) is 17.1 Å². The summed E-state index contributed by atoms with van der Waals surface area (Å²) >= 11 is 1.79. The Hall–Kier alpha value is -4.67. The number of aryl methyl sites for hydroxylation is 5. The largest absolute Gasteiger partial charge is 0.290 e. The number of nitrogens with one attached hydrogen (secondary N) is 1. The quantitative estimate of drug-likeness (QED) is 0.0658. The van der Waals surface area contributed by atoms with Gasteiger partial charge in [0.05, 0.1) is 16.4 Å². The zero-order valence-electron chi connectivity index (χ0n) is 27.2. The van der Waals surface area contributed by atoms with Crippen molar-refractivity contribution in [2.75, 3.05) is 5.75 Å². The van der Waals surface area contributed by atoms with Crippen LogP contribution >= 0.6 is 11.8 Å². The first-order valence-corrected chi connectivity index (χ1v) is 15.7. The van der Waals surface area contributed by atoms with Crippen molar-refractivity contribution in [3.63, 3.8) is 0 Å². The summed E-state index contributed by atoms with van der Waals surface area (Å²) in [5, 5.41) is 9.60. The van der Waals surface area contributed by atoms with Crippen LogP contribution in [0.2, 0.25) is 0 Å². The number of nitrogens with two attached hydrogens (primary N) is 1. The SMILES string of the molecule is CCSC(C)=Nc1c(C)cccc1C.Cc1cccc(C)c1-n1c(C)nnc1-c1ccc(F)cc1.NNC(=O)c1ccc(F)cc1. The maximum absolute atomic E-state index is 13.1. The fourth-order valence-corrected chi connectivity index (χ4v) is 5.21. The second kappa shape index (κ2) is 17.1. The Kier molecular flexibility index (Phi) is 13.3. The maximum atomic E-state index is 13.1. The van der Waals surface area contributed by atoms with Gasteiger partial charge in [0, 0.05) is 11.1 Å². The summed E-state index contributed by atoms with van der Waals surface area (Å²) in [5.74, 6) is 6.41. The van der Waals surface area contributed by atoms with Crippen LogP contribution in [0, 0.1) is 46.3 Å². The van der Waals surface area contributed by atoms with Gasteiger partial charge in [0.1, 0.15) is 17.5 Å². The predicted molar refractivity (Wildman–Crippen MR) is 186 cm³/mol. The molecule has 1 heterocycles. The van der Waals surface area contributed by atoms with Gasteiger partial charge in [0.2, 0.25) is 0 Å². The van der Waals surface area contributed by atoms with Gasteiger partial charge < -0.3 is 0 Å². The number of para-hydroxylation sites is 2. The number of hydrogen-bond acceptors (Lipinski definition) is 6. The molecule has 0 saturated carbocycles. The minimum Gasteiger partial charge on any atom is -0.290 e. The van der Waals surface area contributed by atoms with E-state index < -0.39 is 5.91 Å². The van der Waals surface area contributed by atoms with Crippen molar-refractivity contribution in [2.24, 2.45) is 10.8 Å². The van der Waals surface area contributed by atoms with Gasteiger partial charge in [-0.3, -0.25) is 14.8 Å². The standard InChI is InChI=1S/C17H16FN3.C12H17NS.C7H7FN2O/c1-11-5-4-6-12(2)16(11)21-13(3)19-20-17(21)14-7-9-15(18)10-8-14;1-5-14-11(4)13-12-9(2)7-6-8-10(12)3;8-6-3-1-5(2-4-6)7(11)10-9/h4-10H,1-3H3;6-8H,5H2,1-4H3;1-4H,9H2,(H,10,11). The first-order valence-electron chi connectivity index (χ1n) is 14.7. The summed E-state index contributed by atoms with van der Waals surface area (Å²) in [4.78, 5) is 15.4. The number of benzene rings is 4. The lowest BCUT2D eigenvalue weighted by molar-refractivity contribution is 0.0953. The summed E-state index contributed by atoms with van der Waals surface area (Å²) in [5.41, 5.74) is 10.2. The topological polar surface area (TPSA) is 98.2 Å². The fraction of sp³-hybridized carbons (Fsp3) is 0.222. The van der Waals surface area contributed by atoms with Crippen molar-refractivity contribution in [3.05, 3.63) is 130 Å². The van der Waals surface area contributed by atoms with E-state index >= 15 is 0 Å². The number of aromatic nitrogens is 3. The number of carbonyl (C=O) groups is 1. The highest BCUT2D eigenvalue weighted by atomic mass is 32.2. The summed E-state index contributed by atoms with van der Waals surface area (Å²) in [6.07, 6.45) is 0. The molecule has 240 valence electrons. The van der Waals surface area contributed by atoms with Crippen LogP contribution in [0.15, 0.2) is 89.9 Å². The molecule has 0 aliphatic heterocycles. The number of carbonyl (C=O) groups excluding carboxylic acids is 1. The highest BCUT2D eigenvalue weighted by molar-refractivity contribution is 8.13. The van der Waals surface area contributed by atoms with Gasteiger partial charge in [0.25, 0.3) is 5.91 Å². The maximum Gasteiger partial charge on any atom is 0.265 e. The van der Waals surface area contributed by atoms with Crippen molar-refractivity contribution in [2.45, 2.75) is 48.5 Å². The Morgan fingerprint density at radius 3 is 1.80 bits per heavy atom. The van der Waals surface area contributed by atoms with E-state index in [4.69, 9.17) is 5.84 Å². The van der Waals surface area contributed by atoms with E-state index in [0.29, 0.717) is 5.56 Å². The van der Waals surface area contributed by atoms with Crippen LogP contribution < -0.4 is 11.3 Å². The number of thioether (sulfide) groups is 1. The Morgan fingerprint density at radius 2 is 1.30 bits per heavy atom. The average Bonchev–Trinajstić information content (AvgIpc) is 3.40. The molecule has 0 unspecified atom stereocenters. The highest BCUT2D eigenvalue weighted by Crippen LogP contribution is 2.27. The van der Waals surface area contributed by atoms with E-state index in [-0.39, 0.29) is 11.6 Å². The molecule has 5 aromatic rings. The molecule has 0 fully saturated rings. The lowest BCUT2D eigenvalue weighted by Crippen LogP contribution is -2.29. The molecule has 10 heteroatoms. The molecule has 0 atom stereocenters. The van der Waals surface area contributed by atoms with Crippen LogP contribution in [0.1, 0.15) is 52.3 Å². The van der Waals surface area contributed by atoms with E-state index in [9.17, 15) is 13.6 Å². The molecule has 1 aromatic heterocycles. The average molecular weight is 643 g/mol. The fourth-order valence-electron chi connectivity index (χ4n) is 4.64. The molecule has 0 bridgehead atoms. The van der Waals surface area contributed by atoms with Gasteiger partial charge in [-0.1, -0.05) is 43.3 Å². The van der Waals surface area contributed by atoms with Gasteiger partial charge in [0.15, 0.2) is 5.82 Å². The number of rotatable bonds is 5. The molecular formula is C36H40F2N6OS. The monoisotopic (exact) mass is 642 g/mol. The lowest BCUT2D eigenvalue weighted by atomic mass is 10.1. The lowest BCUT2D eigenvalue weighted by Gasteiger charge is -2.14. The number of amides is 1. The van der Waals surface area contributed by atoms with Crippen LogP contribution in [0.3, 0.4) is 0 Å². The van der Waals surface area contributed by atoms with E-state index in [1.54, 1.807) is 23.9 Å². The first kappa shape index (κ1) is 35.8. The Labute approximate surface area is 274 Å². The van der Waals surface area contributed by atoms with Crippen molar-refractivity contribution in [1.29, 1.82) is 0 Å². The third-order valence-corrected chi connectivity index (χ3v) is 7.69. The van der Waals surface area contributed by atoms with Gasteiger partial charge in [-0.15, -0.1) is 22.0 Å². The Balaban J connectivity index is 0.000000201. The molecule has 3 N–H and O–H groups in total. The van der Waals surface area contributed by atoms with Crippen molar-refractivity contribution < 1.29 is 13.6 Å². The molecule has 46 heavy (non-hydrogen) atoms. The zero-order valence-corrected chi connectivity index (χ0v) is 28.0. The third-order valence-electron chi connectivity index (χ3n) is 6.89. The van der Waals surface area contributed by atoms with Crippen LogP contribution in [-0.2, 0) is 0 Å². The smallest absolute Gasteiger partial charge is 0.265 e. The first-order chi connectivity index (χ1) is 22.0. The highest BCUT2D eigenvalue weighted by Gasteiger charge is 2.16. The van der Waals surface area contributed by atoms with E-state index in [1.165, 1.54) is 47.5 Å². The molecular weight excluding hydrogens is 603 g/mol. The normalized spacial score (nSPS) is 10.8. The number of aliphatic imine (C=N–C) groups is 1. The van der Waals surface area contributed by atoms with Gasteiger partial charge in [-0.05, 0) is 118 Å². The van der Waals surface area contributed by atoms with E-state index in [2.05, 4.69) is 87.1 Å². The van der Waals surface area contributed by atoms with Gasteiger partial charge >= 0.3 is 0 Å². The van der Waals surface area contributed by atoms with E-state index in [1.807, 2.05) is 23.0 Å². The minimum atomic E-state index is -0.426. The Bertz CT molecular complexity index is 1740. The van der Waals surface area contributed by atoms with Crippen molar-refractivity contribution >= 4 is 28.4 Å². The number of hydrogen-bond donors (Lipinski definition) is 2. The molecule has 5 rings (SSSR count). The molecule has 0 saturated heterocycles. The second-order valence-electron chi connectivity index (χ2n) is 10.4. The summed E-state index contributed by atoms with van der Waals surface area (Å²) in [6.45, 7) is 14.5. The van der Waals surface area contributed by atoms with Crippen LogP contribution in [0.5, 0.6) is 0 Å². The summed E-state index contributed by atoms with van der Waals surface area (Å²) < 4.78 is 27.4. The van der Waals surface area contributed by atoms with Gasteiger partial charge in [-0.2, -0.15) is 0 Å². The molecule has 0 aliphatic rings. The molecule has 4 aromatic carbocycles.